The average molecular weight is 293 g/mol. The van der Waals surface area contributed by atoms with Crippen molar-refractivity contribution in [2.45, 2.75) is 52.1 Å². The van der Waals surface area contributed by atoms with E-state index < -0.39 is 0 Å². The highest BCUT2D eigenvalue weighted by molar-refractivity contribution is 5.78. The number of hydrogen-bond acceptors (Lipinski definition) is 3. The molecular weight excluding hydrogens is 262 g/mol. The molecule has 2 heterocycles. The number of nitrogens with one attached hydrogen (secondary N) is 2. The van der Waals surface area contributed by atoms with Crippen molar-refractivity contribution in [3.63, 3.8) is 0 Å². The summed E-state index contributed by atoms with van der Waals surface area (Å²) in [5.74, 6) is 3.08. The first-order chi connectivity index (χ1) is 10.1. The molecule has 0 bridgehead atoms. The number of hydrogen-bond donors (Lipinski definition) is 2. The van der Waals surface area contributed by atoms with Crippen molar-refractivity contribution in [2.24, 2.45) is 23.7 Å². The van der Waals surface area contributed by atoms with Crippen LogP contribution >= 0.6 is 0 Å². The van der Waals surface area contributed by atoms with E-state index in [4.69, 9.17) is 0 Å². The van der Waals surface area contributed by atoms with E-state index in [0.29, 0.717) is 24.5 Å². The molecule has 0 aromatic carbocycles. The largest absolute Gasteiger partial charge is 0.352 e. The van der Waals surface area contributed by atoms with Crippen LogP contribution < -0.4 is 10.6 Å². The lowest BCUT2D eigenvalue weighted by Gasteiger charge is -2.35. The Bertz CT molecular complexity index is 386. The van der Waals surface area contributed by atoms with Crippen LogP contribution in [-0.2, 0) is 4.79 Å². The van der Waals surface area contributed by atoms with E-state index >= 15 is 0 Å². The number of likely N-dealkylation sites (tertiary alicyclic amines) is 1. The summed E-state index contributed by atoms with van der Waals surface area (Å²) in [6.45, 7) is 10.8. The molecule has 0 aromatic rings. The minimum absolute atomic E-state index is 0.237. The quantitative estimate of drug-likeness (QED) is 0.828. The Balaban J connectivity index is 1.50. The molecule has 1 saturated carbocycles. The molecule has 0 aromatic heterocycles. The van der Waals surface area contributed by atoms with E-state index in [1.165, 1.54) is 12.8 Å². The Morgan fingerprint density at radius 2 is 2.05 bits per heavy atom. The Labute approximate surface area is 129 Å². The molecular formula is C17H31N3O. The van der Waals surface area contributed by atoms with Gasteiger partial charge in [-0.1, -0.05) is 26.7 Å². The standard InChI is InChI=1S/C17H31N3O/c1-11-5-4-6-16(12(11)2)19-17(21)10-20-9-14-7-18-8-15(14)13(20)3/h11-16,18H,4-10H2,1-3H3,(H,19,21). The maximum atomic E-state index is 12.4. The molecule has 3 aliphatic rings. The highest BCUT2D eigenvalue weighted by atomic mass is 16.2. The van der Waals surface area contributed by atoms with Crippen molar-refractivity contribution >= 4 is 5.91 Å². The smallest absolute Gasteiger partial charge is 0.234 e. The number of fused-ring (bicyclic) bond motifs is 1. The zero-order valence-electron chi connectivity index (χ0n) is 13.8. The Kier molecular flexibility index (Phi) is 4.55. The molecule has 21 heavy (non-hydrogen) atoms. The van der Waals surface area contributed by atoms with Crippen molar-refractivity contribution in [3.8, 4) is 0 Å². The van der Waals surface area contributed by atoms with Crippen LogP contribution in [-0.4, -0.2) is 49.1 Å². The lowest BCUT2D eigenvalue weighted by molar-refractivity contribution is -0.124. The second-order valence-corrected chi connectivity index (χ2v) is 7.69. The van der Waals surface area contributed by atoms with Gasteiger partial charge in [0.1, 0.15) is 0 Å². The second-order valence-electron chi connectivity index (χ2n) is 7.69. The predicted molar refractivity (Wildman–Crippen MR) is 85.0 cm³/mol. The predicted octanol–water partition coefficient (Wildman–Crippen LogP) is 1.47. The van der Waals surface area contributed by atoms with Crippen molar-refractivity contribution in [1.29, 1.82) is 0 Å². The van der Waals surface area contributed by atoms with Gasteiger partial charge in [0, 0.05) is 18.6 Å². The molecule has 4 nitrogen and oxygen atoms in total. The van der Waals surface area contributed by atoms with Crippen LogP contribution in [0.1, 0.15) is 40.0 Å². The molecule has 0 radical (unpaired) electrons. The van der Waals surface area contributed by atoms with Gasteiger partial charge in [0.05, 0.1) is 6.54 Å². The van der Waals surface area contributed by atoms with Gasteiger partial charge in [0.15, 0.2) is 0 Å². The van der Waals surface area contributed by atoms with E-state index in [9.17, 15) is 4.79 Å². The van der Waals surface area contributed by atoms with Crippen molar-refractivity contribution in [3.05, 3.63) is 0 Å². The van der Waals surface area contributed by atoms with E-state index in [0.717, 1.165) is 43.8 Å². The number of carbonyl (C=O) groups is 1. The zero-order valence-corrected chi connectivity index (χ0v) is 13.8. The van der Waals surface area contributed by atoms with Crippen LogP contribution in [0.2, 0.25) is 0 Å². The summed E-state index contributed by atoms with van der Waals surface area (Å²) in [6.07, 6.45) is 3.72. The topological polar surface area (TPSA) is 44.4 Å². The van der Waals surface area contributed by atoms with Crippen LogP contribution in [0.3, 0.4) is 0 Å². The highest BCUT2D eigenvalue weighted by Gasteiger charge is 2.42. The van der Waals surface area contributed by atoms with Gasteiger partial charge in [-0.15, -0.1) is 0 Å². The van der Waals surface area contributed by atoms with E-state index in [1.54, 1.807) is 0 Å². The third-order valence-electron chi connectivity index (χ3n) is 6.46. The summed E-state index contributed by atoms with van der Waals surface area (Å²) >= 11 is 0. The molecule has 120 valence electrons. The first-order valence-electron chi connectivity index (χ1n) is 8.80. The van der Waals surface area contributed by atoms with Crippen LogP contribution in [0.5, 0.6) is 0 Å². The molecule has 1 amide bonds. The summed E-state index contributed by atoms with van der Waals surface area (Å²) in [7, 11) is 0. The van der Waals surface area contributed by atoms with Gasteiger partial charge in [-0.3, -0.25) is 9.69 Å². The Morgan fingerprint density at radius 3 is 2.81 bits per heavy atom. The van der Waals surface area contributed by atoms with Gasteiger partial charge >= 0.3 is 0 Å². The molecule has 2 aliphatic heterocycles. The fourth-order valence-electron chi connectivity index (χ4n) is 4.69. The van der Waals surface area contributed by atoms with Crippen molar-refractivity contribution in [2.75, 3.05) is 26.2 Å². The van der Waals surface area contributed by atoms with Gasteiger partial charge in [-0.2, -0.15) is 0 Å². The van der Waals surface area contributed by atoms with Gasteiger partial charge in [-0.25, -0.2) is 0 Å². The minimum Gasteiger partial charge on any atom is -0.352 e. The van der Waals surface area contributed by atoms with Crippen LogP contribution in [0.25, 0.3) is 0 Å². The summed E-state index contributed by atoms with van der Waals surface area (Å²) in [5, 5.41) is 6.79. The summed E-state index contributed by atoms with van der Waals surface area (Å²) in [4.78, 5) is 14.8. The van der Waals surface area contributed by atoms with Crippen molar-refractivity contribution < 1.29 is 4.79 Å². The maximum Gasteiger partial charge on any atom is 0.234 e. The molecule has 4 heteroatoms. The van der Waals surface area contributed by atoms with E-state index in [-0.39, 0.29) is 5.91 Å². The van der Waals surface area contributed by atoms with Gasteiger partial charge in [0.25, 0.3) is 0 Å². The molecule has 6 atom stereocenters. The summed E-state index contributed by atoms with van der Waals surface area (Å²) in [6, 6.07) is 0.929. The van der Waals surface area contributed by atoms with E-state index in [1.807, 2.05) is 0 Å². The normalized spacial score (nSPS) is 43.8. The fraction of sp³-hybridized carbons (Fsp3) is 0.941. The molecule has 1 aliphatic carbocycles. The SMILES string of the molecule is CC1CCCC(NC(=O)CN2CC3CNCC3C2C)C1C. The molecule has 3 rings (SSSR count). The molecule has 2 N–H and O–H groups in total. The lowest BCUT2D eigenvalue weighted by atomic mass is 9.78. The zero-order chi connectivity index (χ0) is 15.0. The number of nitrogens with zero attached hydrogens (tertiary/aromatic N) is 1. The number of carbonyl (C=O) groups excluding carboxylic acids is 1. The Morgan fingerprint density at radius 1 is 1.24 bits per heavy atom. The molecule has 0 spiro atoms. The Hall–Kier alpha value is -0.610. The first-order valence-corrected chi connectivity index (χ1v) is 8.80. The van der Waals surface area contributed by atoms with Gasteiger partial charge in [0.2, 0.25) is 5.91 Å². The molecule has 3 fully saturated rings. The molecule has 2 saturated heterocycles. The van der Waals surface area contributed by atoms with Crippen molar-refractivity contribution in [1.82, 2.24) is 15.5 Å². The van der Waals surface area contributed by atoms with Crippen LogP contribution in [0.4, 0.5) is 0 Å². The third kappa shape index (κ3) is 3.11. The van der Waals surface area contributed by atoms with Gasteiger partial charge < -0.3 is 10.6 Å². The summed E-state index contributed by atoms with van der Waals surface area (Å²) in [5.41, 5.74) is 0. The number of rotatable bonds is 3. The lowest BCUT2D eigenvalue weighted by Crippen LogP contribution is -2.48. The first kappa shape index (κ1) is 15.3. The highest BCUT2D eigenvalue weighted by Crippen LogP contribution is 2.32. The third-order valence-corrected chi connectivity index (χ3v) is 6.46. The maximum absolute atomic E-state index is 12.4. The average Bonchev–Trinajstić information content (AvgIpc) is 3.00. The number of amides is 1. The summed E-state index contributed by atoms with van der Waals surface area (Å²) < 4.78 is 0. The van der Waals surface area contributed by atoms with E-state index in [2.05, 4.69) is 36.3 Å². The fourth-order valence-corrected chi connectivity index (χ4v) is 4.69. The minimum atomic E-state index is 0.237. The molecule has 6 unspecified atom stereocenters. The van der Waals surface area contributed by atoms with Crippen LogP contribution in [0, 0.1) is 23.7 Å². The van der Waals surface area contributed by atoms with Gasteiger partial charge in [-0.05, 0) is 50.1 Å². The second kappa shape index (κ2) is 6.25. The monoisotopic (exact) mass is 293 g/mol. The van der Waals surface area contributed by atoms with Crippen LogP contribution in [0.15, 0.2) is 0 Å².